The molecule has 1 heterocycles. The van der Waals surface area contributed by atoms with E-state index in [-0.39, 0.29) is 0 Å². The molecule has 1 aromatic rings. The average Bonchev–Trinajstić information content (AvgIpc) is 2.14. The lowest BCUT2D eigenvalue weighted by atomic mass is 9.80. The van der Waals surface area contributed by atoms with Gasteiger partial charge in [-0.1, -0.05) is 17.7 Å². The highest BCUT2D eigenvalue weighted by Gasteiger charge is 2.42. The van der Waals surface area contributed by atoms with Gasteiger partial charge < -0.3 is 4.74 Å². The molecule has 0 atom stereocenters. The fraction of sp³-hybridized carbons (Fsp3) is 0.273. The van der Waals surface area contributed by atoms with Crippen LogP contribution < -0.4 is 0 Å². The van der Waals surface area contributed by atoms with Crippen molar-refractivity contribution in [3.8, 4) is 0 Å². The smallest absolute Gasteiger partial charge is 0.346 e. The van der Waals surface area contributed by atoms with Crippen LogP contribution in [0.5, 0.6) is 0 Å². The molecule has 3 nitrogen and oxygen atoms in total. The first-order valence-electron chi connectivity index (χ1n) is 4.50. The molecule has 0 N–H and O–H groups in total. The van der Waals surface area contributed by atoms with E-state index in [1.165, 1.54) is 0 Å². The maximum absolute atomic E-state index is 11.5. The van der Waals surface area contributed by atoms with Gasteiger partial charge in [0.05, 0.1) is 11.0 Å². The summed E-state index contributed by atoms with van der Waals surface area (Å²) >= 11 is 6.00. The van der Waals surface area contributed by atoms with E-state index >= 15 is 0 Å². The molecule has 1 aromatic carbocycles. The molecule has 0 unspecified atom stereocenters. The molecule has 0 fully saturated rings. The van der Waals surface area contributed by atoms with Crippen molar-refractivity contribution in [3.05, 3.63) is 34.3 Å². The van der Waals surface area contributed by atoms with Crippen molar-refractivity contribution >= 4 is 23.5 Å². The van der Waals surface area contributed by atoms with Gasteiger partial charge in [0.25, 0.3) is 0 Å². The number of carbonyl (C=O) groups is 2. The summed E-state index contributed by atoms with van der Waals surface area (Å²) in [6, 6.07) is 4.93. The van der Waals surface area contributed by atoms with Crippen LogP contribution in [0.15, 0.2) is 18.2 Å². The Kier molecular flexibility index (Phi) is 2.08. The highest BCUT2D eigenvalue weighted by atomic mass is 35.5. The Morgan fingerprint density at radius 1 is 1.27 bits per heavy atom. The number of cyclic esters (lactones) is 2. The summed E-state index contributed by atoms with van der Waals surface area (Å²) in [7, 11) is 0. The lowest BCUT2D eigenvalue weighted by Gasteiger charge is -2.29. The zero-order valence-electron chi connectivity index (χ0n) is 8.33. The molecule has 0 saturated heterocycles. The molecule has 0 bridgehead atoms. The molecular formula is C11H9ClO3. The van der Waals surface area contributed by atoms with Gasteiger partial charge >= 0.3 is 11.9 Å². The fourth-order valence-electron chi connectivity index (χ4n) is 1.70. The zero-order valence-corrected chi connectivity index (χ0v) is 9.09. The van der Waals surface area contributed by atoms with Crippen molar-refractivity contribution in [1.82, 2.24) is 0 Å². The van der Waals surface area contributed by atoms with E-state index in [0.29, 0.717) is 16.1 Å². The van der Waals surface area contributed by atoms with Gasteiger partial charge in [-0.25, -0.2) is 4.79 Å². The molecule has 0 saturated carbocycles. The molecular weight excluding hydrogens is 216 g/mol. The van der Waals surface area contributed by atoms with Crippen LogP contribution in [0.2, 0.25) is 5.02 Å². The summed E-state index contributed by atoms with van der Waals surface area (Å²) in [6.07, 6.45) is 0. The summed E-state index contributed by atoms with van der Waals surface area (Å²) in [5.74, 6) is -1.19. The Morgan fingerprint density at radius 3 is 2.60 bits per heavy atom. The van der Waals surface area contributed by atoms with Gasteiger partial charge in [-0.2, -0.15) is 0 Å². The highest BCUT2D eigenvalue weighted by molar-refractivity contribution is 6.32. The highest BCUT2D eigenvalue weighted by Crippen LogP contribution is 2.37. The quantitative estimate of drug-likeness (QED) is 0.502. The van der Waals surface area contributed by atoms with Crippen LogP contribution in [0.25, 0.3) is 0 Å². The molecule has 1 aliphatic rings. The first kappa shape index (κ1) is 10.2. The number of fused-ring (bicyclic) bond motifs is 1. The fourth-order valence-corrected chi connectivity index (χ4v) is 2.11. The summed E-state index contributed by atoms with van der Waals surface area (Å²) in [5.41, 5.74) is 0.0433. The van der Waals surface area contributed by atoms with Crippen molar-refractivity contribution in [2.45, 2.75) is 19.3 Å². The Labute approximate surface area is 92.0 Å². The van der Waals surface area contributed by atoms with E-state index in [1.807, 2.05) is 0 Å². The second-order valence-corrected chi connectivity index (χ2v) is 4.37. The minimum Gasteiger partial charge on any atom is -0.389 e. The van der Waals surface area contributed by atoms with E-state index in [4.69, 9.17) is 11.6 Å². The normalized spacial score (nSPS) is 18.3. The maximum Gasteiger partial charge on any atom is 0.346 e. The number of hydrogen-bond donors (Lipinski definition) is 0. The third kappa shape index (κ3) is 1.35. The number of esters is 2. The van der Waals surface area contributed by atoms with Crippen molar-refractivity contribution in [1.29, 1.82) is 0 Å². The molecule has 0 radical (unpaired) electrons. The average molecular weight is 225 g/mol. The van der Waals surface area contributed by atoms with Gasteiger partial charge in [-0.15, -0.1) is 0 Å². The predicted octanol–water partition coefficient (Wildman–Crippen LogP) is 2.31. The van der Waals surface area contributed by atoms with Crippen LogP contribution in [0.4, 0.5) is 0 Å². The van der Waals surface area contributed by atoms with Crippen LogP contribution in [0.1, 0.15) is 29.8 Å². The van der Waals surface area contributed by atoms with Gasteiger partial charge in [0.15, 0.2) is 0 Å². The molecule has 4 heteroatoms. The Morgan fingerprint density at radius 2 is 1.93 bits per heavy atom. The van der Waals surface area contributed by atoms with E-state index in [0.717, 1.165) is 0 Å². The number of rotatable bonds is 0. The SMILES string of the molecule is CC1(C)C(=O)OC(=O)c2cccc(Cl)c21. The summed E-state index contributed by atoms with van der Waals surface area (Å²) in [4.78, 5) is 23.0. The molecule has 0 amide bonds. The second-order valence-electron chi connectivity index (χ2n) is 3.96. The van der Waals surface area contributed by atoms with Crippen molar-refractivity contribution in [2.75, 3.05) is 0 Å². The van der Waals surface area contributed by atoms with Crippen LogP contribution in [0.3, 0.4) is 0 Å². The molecule has 78 valence electrons. The third-order valence-corrected chi connectivity index (χ3v) is 2.87. The lowest BCUT2D eigenvalue weighted by Crippen LogP contribution is -2.39. The summed E-state index contributed by atoms with van der Waals surface area (Å²) < 4.78 is 4.65. The molecule has 0 aromatic heterocycles. The largest absolute Gasteiger partial charge is 0.389 e. The van der Waals surface area contributed by atoms with Gasteiger partial charge in [0.2, 0.25) is 0 Å². The monoisotopic (exact) mass is 224 g/mol. The first-order valence-corrected chi connectivity index (χ1v) is 4.88. The van der Waals surface area contributed by atoms with Crippen molar-refractivity contribution < 1.29 is 14.3 Å². The number of halogens is 1. The summed E-state index contributed by atoms with van der Waals surface area (Å²) in [6.45, 7) is 3.37. The molecule has 2 rings (SSSR count). The maximum atomic E-state index is 11.5. The topological polar surface area (TPSA) is 43.4 Å². The standard InChI is InChI=1S/C11H9ClO3/c1-11(2)8-6(4-3-5-7(8)12)9(13)15-10(11)14/h3-5H,1-2H3. The van der Waals surface area contributed by atoms with Crippen LogP contribution in [-0.2, 0) is 14.9 Å². The van der Waals surface area contributed by atoms with Crippen LogP contribution in [0, 0.1) is 0 Å². The predicted molar refractivity (Wildman–Crippen MR) is 54.9 cm³/mol. The van der Waals surface area contributed by atoms with Crippen LogP contribution in [-0.4, -0.2) is 11.9 Å². The van der Waals surface area contributed by atoms with Crippen LogP contribution >= 0.6 is 11.6 Å². The number of carbonyl (C=O) groups excluding carboxylic acids is 2. The molecule has 15 heavy (non-hydrogen) atoms. The van der Waals surface area contributed by atoms with Gasteiger partial charge in [-0.3, -0.25) is 4.79 Å². The minimum absolute atomic E-state index is 0.368. The van der Waals surface area contributed by atoms with Crippen molar-refractivity contribution in [3.63, 3.8) is 0 Å². The number of hydrogen-bond acceptors (Lipinski definition) is 3. The van der Waals surface area contributed by atoms with E-state index in [2.05, 4.69) is 4.74 Å². The Hall–Kier alpha value is -1.35. The first-order chi connectivity index (χ1) is 6.94. The zero-order chi connectivity index (χ0) is 11.2. The van der Waals surface area contributed by atoms with Gasteiger partial charge in [0.1, 0.15) is 0 Å². The molecule has 0 aliphatic carbocycles. The molecule has 1 aliphatic heterocycles. The summed E-state index contributed by atoms with van der Waals surface area (Å²) in [5, 5.41) is 0.419. The lowest BCUT2D eigenvalue weighted by molar-refractivity contribution is -0.144. The second kappa shape index (κ2) is 3.07. The van der Waals surface area contributed by atoms with Gasteiger partial charge in [-0.05, 0) is 26.0 Å². The number of benzene rings is 1. The third-order valence-electron chi connectivity index (χ3n) is 2.55. The van der Waals surface area contributed by atoms with E-state index in [1.54, 1.807) is 32.0 Å². The van der Waals surface area contributed by atoms with Crippen molar-refractivity contribution in [2.24, 2.45) is 0 Å². The minimum atomic E-state index is -0.873. The van der Waals surface area contributed by atoms with Gasteiger partial charge in [0, 0.05) is 10.6 Å². The molecule has 0 spiro atoms. The number of ether oxygens (including phenoxy) is 1. The van der Waals surface area contributed by atoms with E-state index < -0.39 is 17.4 Å². The Bertz CT molecular complexity index is 463. The van der Waals surface area contributed by atoms with E-state index in [9.17, 15) is 9.59 Å². The Balaban J connectivity index is 2.77.